The maximum absolute atomic E-state index is 13.1. The molecule has 11 heteroatoms. The van der Waals surface area contributed by atoms with E-state index in [4.69, 9.17) is 33.9 Å². The minimum Gasteiger partial charge on any atom is -0.365 e. The first kappa shape index (κ1) is 27.8. The molecule has 9 nitrogen and oxygen atoms in total. The van der Waals surface area contributed by atoms with Crippen molar-refractivity contribution in [1.82, 2.24) is 26.3 Å². The highest BCUT2D eigenvalue weighted by Crippen LogP contribution is 2.18. The second-order valence-corrected chi connectivity index (χ2v) is 9.88. The minimum absolute atomic E-state index is 0.00544. The lowest BCUT2D eigenvalue weighted by Crippen LogP contribution is -2.44. The first-order valence-electron chi connectivity index (χ1n) is 9.94. The van der Waals surface area contributed by atoms with Crippen LogP contribution < -0.4 is 21.3 Å². The Morgan fingerprint density at radius 3 is 1.44 bits per heavy atom. The highest BCUT2D eigenvalue weighted by Gasteiger charge is 2.28. The molecule has 0 unspecified atom stereocenters. The number of ether oxygens (including phenoxy) is 2. The molecule has 0 saturated carbocycles. The summed E-state index contributed by atoms with van der Waals surface area (Å²) in [6.07, 6.45) is 0. The van der Waals surface area contributed by atoms with Gasteiger partial charge in [0.15, 0.2) is 0 Å². The molecular weight excluding hydrogens is 450 g/mol. The van der Waals surface area contributed by atoms with Crippen molar-refractivity contribution in [3.63, 3.8) is 0 Å². The summed E-state index contributed by atoms with van der Waals surface area (Å²) in [5.41, 5.74) is -0.402. The number of pyridine rings is 1. The number of amides is 2. The van der Waals surface area contributed by atoms with Crippen LogP contribution in [-0.2, 0) is 9.47 Å². The molecule has 4 N–H and O–H groups in total. The van der Waals surface area contributed by atoms with Crippen LogP contribution in [0.2, 0.25) is 0 Å². The Bertz CT molecular complexity index is 809. The number of thiocarbonyl (C=S) groups is 2. The summed E-state index contributed by atoms with van der Waals surface area (Å²) in [4.78, 5) is 31.1. The van der Waals surface area contributed by atoms with Gasteiger partial charge in [0.2, 0.25) is 0 Å². The van der Waals surface area contributed by atoms with Gasteiger partial charge >= 0.3 is 0 Å². The average Bonchev–Trinajstić information content (AvgIpc) is 2.66. The monoisotopic (exact) mass is 483 g/mol. The van der Waals surface area contributed by atoms with Crippen LogP contribution in [0.1, 0.15) is 73.6 Å². The maximum Gasteiger partial charge on any atom is 0.271 e. The van der Waals surface area contributed by atoms with Crippen molar-refractivity contribution < 1.29 is 19.1 Å². The highest BCUT2D eigenvalue weighted by molar-refractivity contribution is 7.81. The van der Waals surface area contributed by atoms with Gasteiger partial charge < -0.3 is 30.7 Å². The van der Waals surface area contributed by atoms with E-state index in [2.05, 4.69) is 26.3 Å². The molecular formula is C21H33N5O4S2. The third kappa shape index (κ3) is 8.73. The average molecular weight is 484 g/mol. The van der Waals surface area contributed by atoms with E-state index in [1.54, 1.807) is 6.07 Å². The molecule has 0 aliphatic heterocycles. The van der Waals surface area contributed by atoms with Crippen molar-refractivity contribution in [3.05, 3.63) is 28.6 Å². The number of carbonyl (C=O) groups is 2. The predicted molar refractivity (Wildman–Crippen MR) is 132 cm³/mol. The summed E-state index contributed by atoms with van der Waals surface area (Å²) in [5.74, 6) is -0.942. The molecule has 1 rings (SSSR count). The number of aromatic nitrogens is 1. The third-order valence-electron chi connectivity index (χ3n) is 3.67. The van der Waals surface area contributed by atoms with Crippen LogP contribution in [0, 0.1) is 0 Å². The topological polar surface area (TPSA) is 114 Å². The van der Waals surface area contributed by atoms with Crippen molar-refractivity contribution >= 4 is 46.2 Å². The molecule has 178 valence electrons. The molecule has 0 saturated heterocycles. The van der Waals surface area contributed by atoms with Gasteiger partial charge in [0.05, 0.1) is 0 Å². The van der Waals surface area contributed by atoms with Crippen LogP contribution in [0.3, 0.4) is 0 Å². The Labute approximate surface area is 200 Å². The lowest BCUT2D eigenvalue weighted by molar-refractivity contribution is 0.0910. The lowest BCUT2D eigenvalue weighted by atomic mass is 10.0. The summed E-state index contributed by atoms with van der Waals surface area (Å²) in [6, 6.07) is 1.58. The van der Waals surface area contributed by atoms with E-state index in [1.165, 1.54) is 14.2 Å². The molecule has 1 aromatic heterocycles. The maximum atomic E-state index is 13.1. The molecule has 0 bridgehead atoms. The van der Waals surface area contributed by atoms with Gasteiger partial charge in [-0.1, -0.05) is 24.4 Å². The Balaban J connectivity index is 3.71. The second-order valence-electron chi connectivity index (χ2n) is 9.07. The smallest absolute Gasteiger partial charge is 0.271 e. The van der Waals surface area contributed by atoms with E-state index < -0.39 is 22.9 Å². The van der Waals surface area contributed by atoms with Gasteiger partial charge in [0, 0.05) is 36.4 Å². The summed E-state index contributed by atoms with van der Waals surface area (Å²) in [6.45, 7) is 11.3. The number of hydrogen-bond donors (Lipinski definition) is 4. The van der Waals surface area contributed by atoms with Crippen LogP contribution in [0.5, 0.6) is 0 Å². The van der Waals surface area contributed by atoms with Crippen molar-refractivity contribution in [2.75, 3.05) is 27.7 Å². The van der Waals surface area contributed by atoms with Gasteiger partial charge in [-0.25, -0.2) is 4.98 Å². The summed E-state index contributed by atoms with van der Waals surface area (Å²) >= 11 is 10.9. The Morgan fingerprint density at radius 2 is 1.16 bits per heavy atom. The van der Waals surface area contributed by atoms with Gasteiger partial charge in [0.1, 0.15) is 34.8 Å². The normalized spacial score (nSPS) is 11.5. The van der Waals surface area contributed by atoms with Crippen molar-refractivity contribution in [2.45, 2.75) is 52.6 Å². The largest absolute Gasteiger partial charge is 0.365 e. The van der Waals surface area contributed by atoms with Crippen molar-refractivity contribution in [3.8, 4) is 0 Å². The first-order valence-corrected chi connectivity index (χ1v) is 10.8. The Hall–Kier alpha value is -2.21. The van der Waals surface area contributed by atoms with Gasteiger partial charge in [-0.3, -0.25) is 9.59 Å². The molecule has 0 fully saturated rings. The van der Waals surface area contributed by atoms with Crippen LogP contribution >= 0.6 is 24.4 Å². The second kappa shape index (κ2) is 11.6. The SMILES string of the molecule is COCNC(=S)c1cc(C(=S)NCOC)c(C(=O)NC(C)(C)C)nc1C(=O)NC(C)(C)C. The van der Waals surface area contributed by atoms with Gasteiger partial charge in [0.25, 0.3) is 11.8 Å². The van der Waals surface area contributed by atoms with Gasteiger partial charge in [-0.15, -0.1) is 0 Å². The Kier molecular flexibility index (Phi) is 10.1. The van der Waals surface area contributed by atoms with E-state index in [0.29, 0.717) is 11.1 Å². The number of rotatable bonds is 8. The van der Waals surface area contributed by atoms with E-state index >= 15 is 0 Å². The zero-order chi connectivity index (χ0) is 24.7. The Morgan fingerprint density at radius 1 is 0.812 bits per heavy atom. The fourth-order valence-corrected chi connectivity index (χ4v) is 2.90. The zero-order valence-corrected chi connectivity index (χ0v) is 21.5. The quantitative estimate of drug-likeness (QED) is 0.325. The fraction of sp³-hybridized carbons (Fsp3) is 0.571. The van der Waals surface area contributed by atoms with E-state index in [9.17, 15) is 9.59 Å². The van der Waals surface area contributed by atoms with E-state index in [0.717, 1.165) is 0 Å². The molecule has 32 heavy (non-hydrogen) atoms. The standard InChI is InChI=1S/C21H33N5O4S2/c1-20(2,3)25-16(27)14-12(18(31)22-10-29-7)9-13(19(32)23-11-30-8)15(24-14)17(28)26-21(4,5)6/h9H,10-11H2,1-8H3,(H,22,31)(H,23,32)(H,25,27)(H,26,28). The first-order chi connectivity index (χ1) is 14.7. The third-order valence-corrected chi connectivity index (χ3v) is 4.40. The molecule has 0 aliphatic rings. The summed E-state index contributed by atoms with van der Waals surface area (Å²) in [7, 11) is 3.02. The lowest BCUT2D eigenvalue weighted by Gasteiger charge is -2.24. The minimum atomic E-state index is -0.528. The molecule has 0 spiro atoms. The van der Waals surface area contributed by atoms with E-state index in [-0.39, 0.29) is 34.8 Å². The number of methoxy groups -OCH3 is 2. The number of hydrogen-bond acceptors (Lipinski definition) is 7. The molecule has 0 radical (unpaired) electrons. The molecule has 2 amide bonds. The van der Waals surface area contributed by atoms with Crippen molar-refractivity contribution in [1.29, 1.82) is 0 Å². The van der Waals surface area contributed by atoms with Crippen LogP contribution in [-0.4, -0.2) is 65.5 Å². The van der Waals surface area contributed by atoms with Crippen LogP contribution in [0.15, 0.2) is 6.07 Å². The predicted octanol–water partition coefficient (Wildman–Crippen LogP) is 1.88. The number of nitrogens with one attached hydrogen (secondary N) is 4. The molecule has 1 heterocycles. The summed E-state index contributed by atoms with van der Waals surface area (Å²) in [5, 5.41) is 11.5. The van der Waals surface area contributed by atoms with Gasteiger partial charge in [-0.05, 0) is 47.6 Å². The molecule has 0 atom stereocenters. The molecule has 1 aromatic rings. The van der Waals surface area contributed by atoms with Crippen molar-refractivity contribution in [2.24, 2.45) is 0 Å². The van der Waals surface area contributed by atoms with Crippen LogP contribution in [0.4, 0.5) is 0 Å². The summed E-state index contributed by atoms with van der Waals surface area (Å²) < 4.78 is 10.0. The molecule has 0 aliphatic carbocycles. The van der Waals surface area contributed by atoms with E-state index in [1.807, 2.05) is 41.5 Å². The fourth-order valence-electron chi connectivity index (χ4n) is 2.47. The zero-order valence-electron chi connectivity index (χ0n) is 19.9. The highest BCUT2D eigenvalue weighted by atomic mass is 32.1. The van der Waals surface area contributed by atoms with Gasteiger partial charge in [-0.2, -0.15) is 0 Å². The molecule has 0 aromatic carbocycles. The van der Waals surface area contributed by atoms with Crippen LogP contribution in [0.25, 0.3) is 0 Å². The number of carbonyl (C=O) groups excluding carboxylic acids is 2. The number of nitrogens with zero attached hydrogens (tertiary/aromatic N) is 1.